The molecule has 3 N–H and O–H groups in total. The topological polar surface area (TPSA) is 75.4 Å². The van der Waals surface area contributed by atoms with Crippen LogP contribution in [0.5, 0.6) is 0 Å². The average Bonchev–Trinajstić information content (AvgIpc) is 2.40. The summed E-state index contributed by atoms with van der Waals surface area (Å²) in [6.07, 6.45) is 4.81. The second-order valence-corrected chi connectivity index (χ2v) is 5.26. The van der Waals surface area contributed by atoms with Crippen LogP contribution in [-0.4, -0.2) is 42.4 Å². The average molecular weight is 269 g/mol. The molecule has 2 unspecified atom stereocenters. The largest absolute Gasteiger partial charge is 0.347 e. The number of nitrogens with one attached hydrogen (secondary N) is 1. The van der Waals surface area contributed by atoms with Crippen LogP contribution >= 0.6 is 0 Å². The number of carbonyl (C=O) groups excluding carboxylic acids is 2. The van der Waals surface area contributed by atoms with E-state index in [1.54, 1.807) is 4.90 Å². The molecule has 5 nitrogen and oxygen atoms in total. The van der Waals surface area contributed by atoms with Crippen molar-refractivity contribution in [1.29, 1.82) is 0 Å². The van der Waals surface area contributed by atoms with Gasteiger partial charge in [-0.1, -0.05) is 12.8 Å². The van der Waals surface area contributed by atoms with E-state index in [-0.39, 0.29) is 30.3 Å². The van der Waals surface area contributed by atoms with Gasteiger partial charge in [0.1, 0.15) is 0 Å². The molecule has 0 radical (unpaired) electrons. The Balaban J connectivity index is 2.29. The Morgan fingerprint density at radius 2 is 1.84 bits per heavy atom. The molecule has 0 aromatic carbocycles. The standard InChI is InChI=1S/C14H27N3O2/c1-3-17(4-2)14(19)10-16-13(18)9-11-7-5-6-8-12(11)15/h11-12H,3-10,15H2,1-2H3,(H,16,18). The maximum atomic E-state index is 11.8. The Hall–Kier alpha value is -1.10. The zero-order valence-corrected chi connectivity index (χ0v) is 12.2. The van der Waals surface area contributed by atoms with Gasteiger partial charge in [-0.05, 0) is 32.6 Å². The van der Waals surface area contributed by atoms with Crippen molar-refractivity contribution in [1.82, 2.24) is 10.2 Å². The van der Waals surface area contributed by atoms with Crippen LogP contribution in [0.25, 0.3) is 0 Å². The minimum absolute atomic E-state index is 0.0220. The molecule has 0 spiro atoms. The molecule has 2 amide bonds. The molecule has 1 aliphatic rings. The van der Waals surface area contributed by atoms with Crippen LogP contribution in [0.3, 0.4) is 0 Å². The zero-order chi connectivity index (χ0) is 14.3. The van der Waals surface area contributed by atoms with E-state index >= 15 is 0 Å². The molecule has 1 fully saturated rings. The first kappa shape index (κ1) is 16.0. The Morgan fingerprint density at radius 1 is 1.21 bits per heavy atom. The van der Waals surface area contributed by atoms with Gasteiger partial charge in [-0.3, -0.25) is 9.59 Å². The van der Waals surface area contributed by atoms with E-state index < -0.39 is 0 Å². The smallest absolute Gasteiger partial charge is 0.241 e. The fourth-order valence-corrected chi connectivity index (χ4v) is 2.66. The molecule has 0 saturated heterocycles. The minimum Gasteiger partial charge on any atom is -0.347 e. The van der Waals surface area contributed by atoms with Gasteiger partial charge in [-0.2, -0.15) is 0 Å². The summed E-state index contributed by atoms with van der Waals surface area (Å²) in [7, 11) is 0. The van der Waals surface area contributed by atoms with Crippen LogP contribution in [-0.2, 0) is 9.59 Å². The van der Waals surface area contributed by atoms with Gasteiger partial charge in [-0.25, -0.2) is 0 Å². The second kappa shape index (κ2) is 8.15. The molecular weight excluding hydrogens is 242 g/mol. The number of likely N-dealkylation sites (N-methyl/N-ethyl adjacent to an activating group) is 1. The molecule has 0 aliphatic heterocycles. The summed E-state index contributed by atoms with van der Waals surface area (Å²) in [4.78, 5) is 25.3. The van der Waals surface area contributed by atoms with E-state index in [2.05, 4.69) is 5.32 Å². The Labute approximate surface area is 115 Å². The zero-order valence-electron chi connectivity index (χ0n) is 12.2. The Morgan fingerprint density at radius 3 is 2.42 bits per heavy atom. The van der Waals surface area contributed by atoms with Crippen molar-refractivity contribution in [2.45, 2.75) is 52.0 Å². The molecule has 1 rings (SSSR count). The van der Waals surface area contributed by atoms with Crippen molar-refractivity contribution in [2.75, 3.05) is 19.6 Å². The maximum Gasteiger partial charge on any atom is 0.241 e. The highest BCUT2D eigenvalue weighted by atomic mass is 16.2. The highest BCUT2D eigenvalue weighted by Crippen LogP contribution is 2.25. The van der Waals surface area contributed by atoms with Gasteiger partial charge in [0.2, 0.25) is 11.8 Å². The fourth-order valence-electron chi connectivity index (χ4n) is 2.66. The highest BCUT2D eigenvalue weighted by molar-refractivity contribution is 5.84. The van der Waals surface area contributed by atoms with E-state index in [9.17, 15) is 9.59 Å². The fraction of sp³-hybridized carbons (Fsp3) is 0.857. The van der Waals surface area contributed by atoms with Crippen LogP contribution < -0.4 is 11.1 Å². The van der Waals surface area contributed by atoms with Gasteiger partial charge in [0.25, 0.3) is 0 Å². The second-order valence-electron chi connectivity index (χ2n) is 5.26. The molecule has 2 atom stereocenters. The molecule has 1 aliphatic carbocycles. The molecular formula is C14H27N3O2. The monoisotopic (exact) mass is 269 g/mol. The van der Waals surface area contributed by atoms with Crippen molar-refractivity contribution in [3.05, 3.63) is 0 Å². The molecule has 0 bridgehead atoms. The predicted molar refractivity (Wildman–Crippen MR) is 75.5 cm³/mol. The molecule has 1 saturated carbocycles. The summed E-state index contributed by atoms with van der Waals surface area (Å²) in [6.45, 7) is 5.33. The van der Waals surface area contributed by atoms with Gasteiger partial charge in [0.05, 0.1) is 6.54 Å². The third-order valence-electron chi connectivity index (χ3n) is 3.97. The third kappa shape index (κ3) is 5.19. The van der Waals surface area contributed by atoms with Gasteiger partial charge in [-0.15, -0.1) is 0 Å². The van der Waals surface area contributed by atoms with Gasteiger partial charge in [0, 0.05) is 25.6 Å². The van der Waals surface area contributed by atoms with E-state index in [1.165, 1.54) is 6.42 Å². The van der Waals surface area contributed by atoms with E-state index in [1.807, 2.05) is 13.8 Å². The molecule has 5 heteroatoms. The number of nitrogens with zero attached hydrogens (tertiary/aromatic N) is 1. The third-order valence-corrected chi connectivity index (χ3v) is 3.97. The Bertz CT molecular complexity index is 303. The lowest BCUT2D eigenvalue weighted by molar-refractivity contribution is -0.132. The summed E-state index contributed by atoms with van der Waals surface area (Å²) in [5.41, 5.74) is 6.02. The molecule has 0 heterocycles. The normalized spacial score (nSPS) is 22.9. The summed E-state index contributed by atoms with van der Waals surface area (Å²) in [5.74, 6) is 0.200. The molecule has 0 aromatic rings. The number of carbonyl (C=O) groups is 2. The van der Waals surface area contributed by atoms with Gasteiger partial charge < -0.3 is 16.0 Å². The summed E-state index contributed by atoms with van der Waals surface area (Å²) in [5, 5.41) is 2.71. The summed E-state index contributed by atoms with van der Waals surface area (Å²) in [6, 6.07) is 0.137. The quantitative estimate of drug-likeness (QED) is 0.751. The van der Waals surface area contributed by atoms with Gasteiger partial charge in [0.15, 0.2) is 0 Å². The van der Waals surface area contributed by atoms with Gasteiger partial charge >= 0.3 is 0 Å². The lowest BCUT2D eigenvalue weighted by atomic mass is 9.83. The van der Waals surface area contributed by atoms with E-state index in [0.717, 1.165) is 19.3 Å². The maximum absolute atomic E-state index is 11.8. The lowest BCUT2D eigenvalue weighted by Crippen LogP contribution is -2.42. The highest BCUT2D eigenvalue weighted by Gasteiger charge is 2.24. The molecule has 110 valence electrons. The SMILES string of the molecule is CCN(CC)C(=O)CNC(=O)CC1CCCCC1N. The number of hydrogen-bond donors (Lipinski definition) is 2. The van der Waals surface area contributed by atoms with Crippen LogP contribution in [0.4, 0.5) is 0 Å². The van der Waals surface area contributed by atoms with E-state index in [0.29, 0.717) is 19.5 Å². The van der Waals surface area contributed by atoms with Crippen molar-refractivity contribution >= 4 is 11.8 Å². The van der Waals surface area contributed by atoms with Crippen LogP contribution in [0, 0.1) is 5.92 Å². The number of amides is 2. The summed E-state index contributed by atoms with van der Waals surface area (Å²) < 4.78 is 0. The Kier molecular flexibility index (Phi) is 6.84. The predicted octanol–water partition coefficient (Wildman–Crippen LogP) is 0.879. The lowest BCUT2D eigenvalue weighted by Gasteiger charge is -2.28. The number of hydrogen-bond acceptors (Lipinski definition) is 3. The first-order chi connectivity index (χ1) is 9.08. The van der Waals surface area contributed by atoms with Crippen LogP contribution in [0.1, 0.15) is 46.0 Å². The van der Waals surface area contributed by atoms with E-state index in [4.69, 9.17) is 5.73 Å². The molecule has 0 aromatic heterocycles. The first-order valence-electron chi connectivity index (χ1n) is 7.38. The summed E-state index contributed by atoms with van der Waals surface area (Å²) >= 11 is 0. The van der Waals surface area contributed by atoms with Crippen LogP contribution in [0.2, 0.25) is 0 Å². The van der Waals surface area contributed by atoms with Crippen molar-refractivity contribution in [2.24, 2.45) is 11.7 Å². The van der Waals surface area contributed by atoms with Crippen molar-refractivity contribution < 1.29 is 9.59 Å². The van der Waals surface area contributed by atoms with Crippen molar-refractivity contribution in [3.63, 3.8) is 0 Å². The van der Waals surface area contributed by atoms with Crippen LogP contribution in [0.15, 0.2) is 0 Å². The minimum atomic E-state index is -0.0529. The molecule has 19 heavy (non-hydrogen) atoms. The first-order valence-corrected chi connectivity index (χ1v) is 7.38. The van der Waals surface area contributed by atoms with Crippen molar-refractivity contribution in [3.8, 4) is 0 Å². The number of nitrogens with two attached hydrogens (primary N) is 1. The number of rotatable bonds is 6.